The van der Waals surface area contributed by atoms with Crippen molar-refractivity contribution in [3.63, 3.8) is 0 Å². The SMILES string of the molecule is CCCCOc1cnc(CCc2ccc3c(F)c(CCc4ccc(C(F)(F)F)cc4)ccc3c2)nc1. The molecule has 0 fully saturated rings. The molecule has 0 aliphatic carbocycles. The van der Waals surface area contributed by atoms with Crippen molar-refractivity contribution in [3.05, 3.63) is 101 Å². The maximum atomic E-state index is 15.1. The zero-order valence-corrected chi connectivity index (χ0v) is 20.1. The summed E-state index contributed by atoms with van der Waals surface area (Å²) in [5.74, 6) is 1.11. The van der Waals surface area contributed by atoms with Gasteiger partial charge in [0.25, 0.3) is 0 Å². The lowest BCUT2D eigenvalue weighted by molar-refractivity contribution is -0.137. The quantitative estimate of drug-likeness (QED) is 0.168. The third kappa shape index (κ3) is 6.59. The van der Waals surface area contributed by atoms with Crippen LogP contribution in [0.4, 0.5) is 17.6 Å². The molecule has 0 radical (unpaired) electrons. The maximum absolute atomic E-state index is 15.1. The van der Waals surface area contributed by atoms with E-state index in [1.54, 1.807) is 24.5 Å². The van der Waals surface area contributed by atoms with Crippen molar-refractivity contribution >= 4 is 10.8 Å². The summed E-state index contributed by atoms with van der Waals surface area (Å²) in [6.45, 7) is 2.76. The van der Waals surface area contributed by atoms with Crippen LogP contribution in [0.2, 0.25) is 0 Å². The van der Waals surface area contributed by atoms with Crippen LogP contribution in [0.1, 0.15) is 47.8 Å². The molecule has 3 aromatic carbocycles. The average molecular weight is 497 g/mol. The number of aromatic nitrogens is 2. The third-order valence-corrected chi connectivity index (χ3v) is 6.15. The van der Waals surface area contributed by atoms with Gasteiger partial charge in [-0.1, -0.05) is 55.8 Å². The molecule has 0 atom stereocenters. The summed E-state index contributed by atoms with van der Waals surface area (Å²) in [7, 11) is 0. The number of nitrogens with zero attached hydrogens (tertiary/aromatic N) is 2. The van der Waals surface area contributed by atoms with Crippen molar-refractivity contribution in [1.82, 2.24) is 9.97 Å². The number of alkyl halides is 3. The second kappa shape index (κ2) is 11.5. The fourth-order valence-electron chi connectivity index (χ4n) is 4.01. The van der Waals surface area contributed by atoms with Crippen LogP contribution in [0.15, 0.2) is 67.0 Å². The molecule has 1 aromatic heterocycles. The van der Waals surface area contributed by atoms with Crippen LogP contribution >= 0.6 is 0 Å². The molecule has 4 rings (SSSR count). The van der Waals surface area contributed by atoms with E-state index in [-0.39, 0.29) is 5.82 Å². The summed E-state index contributed by atoms with van der Waals surface area (Å²) >= 11 is 0. The predicted molar refractivity (Wildman–Crippen MR) is 133 cm³/mol. The largest absolute Gasteiger partial charge is 0.490 e. The second-order valence-corrected chi connectivity index (χ2v) is 8.83. The Hall–Kier alpha value is -3.48. The summed E-state index contributed by atoms with van der Waals surface area (Å²) in [6.07, 6.45) is 3.34. The summed E-state index contributed by atoms with van der Waals surface area (Å²) in [5, 5.41) is 1.34. The van der Waals surface area contributed by atoms with Gasteiger partial charge in [0, 0.05) is 11.8 Å². The molecule has 0 amide bonds. The van der Waals surface area contributed by atoms with Gasteiger partial charge in [-0.05, 0) is 59.9 Å². The van der Waals surface area contributed by atoms with E-state index in [9.17, 15) is 13.2 Å². The van der Waals surface area contributed by atoms with E-state index in [0.717, 1.165) is 53.7 Å². The number of aryl methyl sites for hydroxylation is 4. The van der Waals surface area contributed by atoms with Crippen LogP contribution in [0.5, 0.6) is 5.75 Å². The topological polar surface area (TPSA) is 35.0 Å². The maximum Gasteiger partial charge on any atom is 0.416 e. The lowest BCUT2D eigenvalue weighted by Gasteiger charge is -2.10. The van der Waals surface area contributed by atoms with E-state index in [1.807, 2.05) is 18.2 Å². The van der Waals surface area contributed by atoms with Gasteiger partial charge in [-0.2, -0.15) is 13.2 Å². The third-order valence-electron chi connectivity index (χ3n) is 6.15. The zero-order valence-electron chi connectivity index (χ0n) is 20.1. The molecule has 0 unspecified atom stereocenters. The highest BCUT2D eigenvalue weighted by atomic mass is 19.4. The molecule has 36 heavy (non-hydrogen) atoms. The number of rotatable bonds is 10. The summed E-state index contributed by atoms with van der Waals surface area (Å²) < 4.78 is 58.9. The van der Waals surface area contributed by atoms with E-state index < -0.39 is 11.7 Å². The first kappa shape index (κ1) is 25.6. The highest BCUT2D eigenvalue weighted by Gasteiger charge is 2.29. The summed E-state index contributed by atoms with van der Waals surface area (Å²) in [6, 6.07) is 14.3. The van der Waals surface area contributed by atoms with Gasteiger partial charge in [0.15, 0.2) is 5.75 Å². The standard InChI is InChI=1S/C29H28F4N2O/c1-2-3-16-36-25-18-34-27(35-19-25)15-8-21-7-14-26-23(17-21)11-10-22(28(26)30)9-4-20-5-12-24(13-6-20)29(31,32)33/h5-7,10-14,17-19H,2-4,8-9,15-16H2,1H3. The Morgan fingerprint density at radius 2 is 1.50 bits per heavy atom. The Morgan fingerprint density at radius 3 is 2.19 bits per heavy atom. The Balaban J connectivity index is 1.36. The number of hydrogen-bond donors (Lipinski definition) is 0. The minimum Gasteiger partial charge on any atom is -0.490 e. The molecule has 4 aromatic rings. The van der Waals surface area contributed by atoms with Gasteiger partial charge >= 0.3 is 6.18 Å². The molecular formula is C29H28F4N2O. The fourth-order valence-corrected chi connectivity index (χ4v) is 4.01. The fraction of sp³-hybridized carbons (Fsp3) is 0.310. The number of unbranched alkanes of at least 4 members (excludes halogenated alkanes) is 1. The Morgan fingerprint density at radius 1 is 0.806 bits per heavy atom. The van der Waals surface area contributed by atoms with Crippen LogP contribution in [0, 0.1) is 5.82 Å². The molecule has 0 saturated heterocycles. The molecule has 188 valence electrons. The van der Waals surface area contributed by atoms with Gasteiger partial charge in [-0.3, -0.25) is 0 Å². The number of benzene rings is 3. The molecule has 0 spiro atoms. The van der Waals surface area contributed by atoms with E-state index in [4.69, 9.17) is 4.74 Å². The number of ether oxygens (including phenoxy) is 1. The number of hydrogen-bond acceptors (Lipinski definition) is 3. The molecule has 0 aliphatic heterocycles. The minimum absolute atomic E-state index is 0.284. The smallest absolute Gasteiger partial charge is 0.416 e. The lowest BCUT2D eigenvalue weighted by atomic mass is 9.98. The average Bonchev–Trinajstić information content (AvgIpc) is 2.88. The van der Waals surface area contributed by atoms with Gasteiger partial charge in [0.2, 0.25) is 0 Å². The van der Waals surface area contributed by atoms with Crippen molar-refractivity contribution in [3.8, 4) is 5.75 Å². The molecular weight excluding hydrogens is 468 g/mol. The van der Waals surface area contributed by atoms with E-state index in [1.165, 1.54) is 12.1 Å². The van der Waals surface area contributed by atoms with E-state index in [0.29, 0.717) is 42.6 Å². The Labute approximate surface area is 208 Å². The Kier molecular flexibility index (Phi) is 8.18. The van der Waals surface area contributed by atoms with Crippen LogP contribution in [0.25, 0.3) is 10.8 Å². The van der Waals surface area contributed by atoms with Crippen molar-refractivity contribution in [2.45, 2.75) is 51.6 Å². The van der Waals surface area contributed by atoms with Crippen molar-refractivity contribution in [2.24, 2.45) is 0 Å². The monoisotopic (exact) mass is 496 g/mol. The summed E-state index contributed by atoms with van der Waals surface area (Å²) in [4.78, 5) is 8.74. The van der Waals surface area contributed by atoms with E-state index >= 15 is 4.39 Å². The molecule has 0 bridgehead atoms. The van der Waals surface area contributed by atoms with Crippen LogP contribution in [-0.2, 0) is 31.9 Å². The van der Waals surface area contributed by atoms with Crippen molar-refractivity contribution < 1.29 is 22.3 Å². The molecule has 0 N–H and O–H groups in total. The van der Waals surface area contributed by atoms with Crippen molar-refractivity contribution in [1.29, 1.82) is 0 Å². The number of fused-ring (bicyclic) bond motifs is 1. The Bertz CT molecular complexity index is 1290. The first-order chi connectivity index (χ1) is 17.3. The second-order valence-electron chi connectivity index (χ2n) is 8.83. The molecule has 7 heteroatoms. The predicted octanol–water partition coefficient (Wildman–Crippen LogP) is 7.54. The highest BCUT2D eigenvalue weighted by Crippen LogP contribution is 2.29. The minimum atomic E-state index is -4.36. The van der Waals surface area contributed by atoms with Gasteiger partial charge < -0.3 is 4.74 Å². The van der Waals surface area contributed by atoms with Crippen molar-refractivity contribution in [2.75, 3.05) is 6.61 Å². The van der Waals surface area contributed by atoms with Gasteiger partial charge in [0.1, 0.15) is 11.6 Å². The van der Waals surface area contributed by atoms with Gasteiger partial charge in [-0.25, -0.2) is 14.4 Å². The first-order valence-corrected chi connectivity index (χ1v) is 12.1. The molecule has 0 saturated carbocycles. The van der Waals surface area contributed by atoms with Crippen LogP contribution in [0.3, 0.4) is 0 Å². The van der Waals surface area contributed by atoms with Crippen LogP contribution in [-0.4, -0.2) is 16.6 Å². The van der Waals surface area contributed by atoms with Gasteiger partial charge in [0.05, 0.1) is 24.6 Å². The molecule has 3 nitrogen and oxygen atoms in total. The lowest BCUT2D eigenvalue weighted by Crippen LogP contribution is -2.04. The molecule has 0 aliphatic rings. The van der Waals surface area contributed by atoms with E-state index in [2.05, 4.69) is 16.9 Å². The summed E-state index contributed by atoms with van der Waals surface area (Å²) in [5.41, 5.74) is 1.66. The number of halogens is 4. The normalized spacial score (nSPS) is 11.7. The zero-order chi connectivity index (χ0) is 25.5. The van der Waals surface area contributed by atoms with Crippen LogP contribution < -0.4 is 4.74 Å². The molecule has 1 heterocycles. The first-order valence-electron chi connectivity index (χ1n) is 12.1. The highest BCUT2D eigenvalue weighted by molar-refractivity contribution is 5.84. The van der Waals surface area contributed by atoms with Gasteiger partial charge in [-0.15, -0.1) is 0 Å².